The molecule has 1 aliphatic carbocycles. The van der Waals surface area contributed by atoms with Gasteiger partial charge in [-0.3, -0.25) is 0 Å². The summed E-state index contributed by atoms with van der Waals surface area (Å²) in [5.41, 5.74) is 0. The average molecular weight is 292 g/mol. The molecular formula is C15H20N2S2. The third kappa shape index (κ3) is 3.44. The van der Waals surface area contributed by atoms with Crippen molar-refractivity contribution in [3.8, 4) is 9.75 Å². The fraction of sp³-hybridized carbons (Fsp3) is 0.533. The number of hydrogen-bond acceptors (Lipinski definition) is 4. The van der Waals surface area contributed by atoms with E-state index in [1.165, 1.54) is 51.7 Å². The summed E-state index contributed by atoms with van der Waals surface area (Å²) in [5, 5.41) is 4.87. The summed E-state index contributed by atoms with van der Waals surface area (Å²) in [7, 11) is 0. The van der Waals surface area contributed by atoms with Crippen molar-refractivity contribution in [1.29, 1.82) is 0 Å². The van der Waals surface area contributed by atoms with E-state index in [0.29, 0.717) is 6.04 Å². The highest BCUT2D eigenvalue weighted by Gasteiger charge is 2.13. The maximum Gasteiger partial charge on any atom is 0.107 e. The van der Waals surface area contributed by atoms with Crippen LogP contribution in [0.15, 0.2) is 18.3 Å². The van der Waals surface area contributed by atoms with E-state index < -0.39 is 0 Å². The molecule has 1 aliphatic rings. The van der Waals surface area contributed by atoms with Crippen molar-refractivity contribution >= 4 is 22.7 Å². The predicted molar refractivity (Wildman–Crippen MR) is 83.9 cm³/mol. The van der Waals surface area contributed by atoms with Crippen molar-refractivity contribution in [2.24, 2.45) is 0 Å². The molecule has 1 saturated carbocycles. The van der Waals surface area contributed by atoms with Crippen molar-refractivity contribution in [2.75, 3.05) is 0 Å². The molecule has 0 saturated heterocycles. The summed E-state index contributed by atoms with van der Waals surface area (Å²) < 4.78 is 0. The van der Waals surface area contributed by atoms with E-state index in [2.05, 4.69) is 29.4 Å². The third-order valence-corrected chi connectivity index (χ3v) is 5.88. The predicted octanol–water partition coefficient (Wildman–Crippen LogP) is 4.60. The SMILES string of the molecule is Cc1ccc(-c2cnc(CNC3CCCCC3)s2)s1. The van der Waals surface area contributed by atoms with Gasteiger partial charge >= 0.3 is 0 Å². The lowest BCUT2D eigenvalue weighted by Gasteiger charge is -2.22. The standard InChI is InChI=1S/C15H20N2S2/c1-11-7-8-13(18-11)14-9-17-15(19-14)10-16-12-5-3-2-4-6-12/h7-9,12,16H,2-6,10H2,1H3. The fourth-order valence-electron chi connectivity index (χ4n) is 2.61. The molecule has 0 unspecified atom stereocenters. The highest BCUT2D eigenvalue weighted by Crippen LogP contribution is 2.32. The first-order valence-electron chi connectivity index (χ1n) is 7.06. The van der Waals surface area contributed by atoms with Gasteiger partial charge in [0.05, 0.1) is 4.88 Å². The second kappa shape index (κ2) is 6.16. The maximum absolute atomic E-state index is 4.55. The van der Waals surface area contributed by atoms with E-state index in [1.807, 2.05) is 28.9 Å². The van der Waals surface area contributed by atoms with Crippen molar-refractivity contribution < 1.29 is 0 Å². The van der Waals surface area contributed by atoms with Gasteiger partial charge in [-0.05, 0) is 31.9 Å². The number of nitrogens with zero attached hydrogens (tertiary/aromatic N) is 1. The molecule has 0 atom stereocenters. The zero-order valence-electron chi connectivity index (χ0n) is 11.3. The Morgan fingerprint density at radius 2 is 2.00 bits per heavy atom. The quantitative estimate of drug-likeness (QED) is 0.890. The lowest BCUT2D eigenvalue weighted by molar-refractivity contribution is 0.372. The molecule has 0 aliphatic heterocycles. The molecule has 4 heteroatoms. The van der Waals surface area contributed by atoms with Gasteiger partial charge in [-0.1, -0.05) is 19.3 Å². The summed E-state index contributed by atoms with van der Waals surface area (Å²) >= 11 is 3.68. The van der Waals surface area contributed by atoms with Gasteiger partial charge in [0.2, 0.25) is 0 Å². The first kappa shape index (κ1) is 13.3. The number of rotatable bonds is 4. The molecule has 2 heterocycles. The average Bonchev–Trinajstić information content (AvgIpc) is 3.06. The Kier molecular flexibility index (Phi) is 4.31. The minimum absolute atomic E-state index is 0.713. The zero-order valence-corrected chi connectivity index (χ0v) is 12.9. The van der Waals surface area contributed by atoms with Crippen LogP contribution in [0.1, 0.15) is 42.0 Å². The number of aromatic nitrogens is 1. The fourth-order valence-corrected chi connectivity index (χ4v) is 4.42. The Morgan fingerprint density at radius 3 is 2.74 bits per heavy atom. The molecule has 1 N–H and O–H groups in total. The number of thiazole rings is 1. The van der Waals surface area contributed by atoms with Gasteiger partial charge in [0.25, 0.3) is 0 Å². The number of aryl methyl sites for hydroxylation is 1. The zero-order chi connectivity index (χ0) is 13.1. The van der Waals surface area contributed by atoms with E-state index in [9.17, 15) is 0 Å². The van der Waals surface area contributed by atoms with Crippen LogP contribution in [0, 0.1) is 6.92 Å². The van der Waals surface area contributed by atoms with Crippen LogP contribution in [0.4, 0.5) is 0 Å². The highest BCUT2D eigenvalue weighted by molar-refractivity contribution is 7.21. The summed E-state index contributed by atoms with van der Waals surface area (Å²) in [4.78, 5) is 8.57. The monoisotopic (exact) mass is 292 g/mol. The van der Waals surface area contributed by atoms with Crippen LogP contribution in [0.5, 0.6) is 0 Å². The molecule has 0 bridgehead atoms. The van der Waals surface area contributed by atoms with Crippen LogP contribution in [0.2, 0.25) is 0 Å². The van der Waals surface area contributed by atoms with Crippen molar-refractivity contribution in [1.82, 2.24) is 10.3 Å². The largest absolute Gasteiger partial charge is 0.308 e. The van der Waals surface area contributed by atoms with Crippen LogP contribution in [-0.2, 0) is 6.54 Å². The van der Waals surface area contributed by atoms with Gasteiger partial charge in [0.15, 0.2) is 0 Å². The molecule has 0 aromatic carbocycles. The van der Waals surface area contributed by atoms with Gasteiger partial charge in [-0.15, -0.1) is 22.7 Å². The minimum Gasteiger partial charge on any atom is -0.308 e. The summed E-state index contributed by atoms with van der Waals surface area (Å²) in [6.45, 7) is 3.08. The smallest absolute Gasteiger partial charge is 0.107 e. The topological polar surface area (TPSA) is 24.9 Å². The number of hydrogen-bond donors (Lipinski definition) is 1. The second-order valence-electron chi connectivity index (χ2n) is 5.24. The second-order valence-corrected chi connectivity index (χ2v) is 7.65. The van der Waals surface area contributed by atoms with Crippen LogP contribution in [0.25, 0.3) is 9.75 Å². The summed E-state index contributed by atoms with van der Waals surface area (Å²) in [5.74, 6) is 0. The highest BCUT2D eigenvalue weighted by atomic mass is 32.1. The van der Waals surface area contributed by atoms with E-state index in [-0.39, 0.29) is 0 Å². The molecule has 0 radical (unpaired) electrons. The lowest BCUT2D eigenvalue weighted by atomic mass is 9.96. The maximum atomic E-state index is 4.55. The molecule has 102 valence electrons. The molecule has 19 heavy (non-hydrogen) atoms. The summed E-state index contributed by atoms with van der Waals surface area (Å²) in [6, 6.07) is 5.09. The Balaban J connectivity index is 1.58. The van der Waals surface area contributed by atoms with Crippen LogP contribution >= 0.6 is 22.7 Å². The van der Waals surface area contributed by atoms with Crippen LogP contribution in [0.3, 0.4) is 0 Å². The van der Waals surface area contributed by atoms with Gasteiger partial charge in [-0.25, -0.2) is 4.98 Å². The van der Waals surface area contributed by atoms with Gasteiger partial charge in [0.1, 0.15) is 5.01 Å². The number of nitrogens with one attached hydrogen (secondary N) is 1. The lowest BCUT2D eigenvalue weighted by Crippen LogP contribution is -2.30. The van der Waals surface area contributed by atoms with E-state index in [1.54, 1.807) is 0 Å². The molecular weight excluding hydrogens is 272 g/mol. The first-order chi connectivity index (χ1) is 9.31. The van der Waals surface area contributed by atoms with Gasteiger partial charge in [0, 0.05) is 28.5 Å². The van der Waals surface area contributed by atoms with Crippen LogP contribution in [-0.4, -0.2) is 11.0 Å². The van der Waals surface area contributed by atoms with Gasteiger partial charge in [-0.2, -0.15) is 0 Å². The molecule has 2 aromatic rings. The molecule has 2 aromatic heterocycles. The molecule has 1 fully saturated rings. The Labute approximate surface area is 122 Å². The van der Waals surface area contributed by atoms with Crippen molar-refractivity contribution in [2.45, 2.75) is 51.6 Å². The Hall–Kier alpha value is -0.710. The van der Waals surface area contributed by atoms with Crippen LogP contribution < -0.4 is 5.32 Å². The molecule has 2 nitrogen and oxygen atoms in total. The molecule has 0 amide bonds. The number of thiophene rings is 1. The van der Waals surface area contributed by atoms with E-state index >= 15 is 0 Å². The Morgan fingerprint density at radius 1 is 1.16 bits per heavy atom. The molecule has 0 spiro atoms. The van der Waals surface area contributed by atoms with E-state index in [0.717, 1.165) is 6.54 Å². The minimum atomic E-state index is 0.713. The van der Waals surface area contributed by atoms with Gasteiger partial charge < -0.3 is 5.32 Å². The van der Waals surface area contributed by atoms with E-state index in [4.69, 9.17) is 0 Å². The van der Waals surface area contributed by atoms with Crippen molar-refractivity contribution in [3.63, 3.8) is 0 Å². The molecule has 3 rings (SSSR count). The summed E-state index contributed by atoms with van der Waals surface area (Å²) in [6.07, 6.45) is 8.88. The third-order valence-electron chi connectivity index (χ3n) is 3.68. The Bertz CT molecular complexity index is 524. The normalized spacial score (nSPS) is 16.9. The first-order valence-corrected chi connectivity index (χ1v) is 8.69. The van der Waals surface area contributed by atoms with Crippen molar-refractivity contribution in [3.05, 3.63) is 28.2 Å².